The normalized spacial score (nSPS) is 10.3. The molecule has 8 heteroatoms. The summed E-state index contributed by atoms with van der Waals surface area (Å²) in [5, 5.41) is 2.47. The van der Waals surface area contributed by atoms with E-state index >= 15 is 0 Å². The molecule has 0 saturated heterocycles. The van der Waals surface area contributed by atoms with Gasteiger partial charge in [0.15, 0.2) is 0 Å². The van der Waals surface area contributed by atoms with Gasteiger partial charge in [-0.05, 0) is 12.1 Å². The number of rotatable bonds is 4. The highest BCUT2D eigenvalue weighted by atomic mass is 35.5. The van der Waals surface area contributed by atoms with Crippen LogP contribution in [0.3, 0.4) is 0 Å². The molecular formula is C14H12ClF5N2. The monoisotopic (exact) mass is 338 g/mol. The lowest BCUT2D eigenvalue weighted by molar-refractivity contribution is 0.526. The highest BCUT2D eigenvalue weighted by Gasteiger charge is 2.13. The summed E-state index contributed by atoms with van der Waals surface area (Å²) in [5.74, 6) is -4.93. The fourth-order valence-electron chi connectivity index (χ4n) is 1.83. The second-order valence-electron chi connectivity index (χ2n) is 4.32. The third-order valence-corrected chi connectivity index (χ3v) is 2.92. The predicted molar refractivity (Wildman–Crippen MR) is 75.1 cm³/mol. The SMILES string of the molecule is Cl.NCc1c(F)cc(NCc2c(F)cc(F)cc2F)cc1F. The van der Waals surface area contributed by atoms with Crippen molar-refractivity contribution < 1.29 is 22.0 Å². The van der Waals surface area contributed by atoms with E-state index in [9.17, 15) is 22.0 Å². The van der Waals surface area contributed by atoms with E-state index in [1.54, 1.807) is 0 Å². The van der Waals surface area contributed by atoms with Crippen molar-refractivity contribution in [3.8, 4) is 0 Å². The Morgan fingerprint density at radius 2 is 1.23 bits per heavy atom. The van der Waals surface area contributed by atoms with E-state index in [1.807, 2.05) is 0 Å². The molecule has 0 aliphatic heterocycles. The molecule has 0 spiro atoms. The van der Waals surface area contributed by atoms with Gasteiger partial charge in [0, 0.05) is 42.0 Å². The van der Waals surface area contributed by atoms with E-state index in [0.717, 1.165) is 12.1 Å². The molecule has 22 heavy (non-hydrogen) atoms. The van der Waals surface area contributed by atoms with E-state index in [2.05, 4.69) is 5.32 Å². The van der Waals surface area contributed by atoms with E-state index in [-0.39, 0.29) is 30.2 Å². The van der Waals surface area contributed by atoms with Crippen LogP contribution >= 0.6 is 12.4 Å². The summed E-state index contributed by atoms with van der Waals surface area (Å²) in [7, 11) is 0. The molecule has 2 nitrogen and oxygen atoms in total. The molecule has 0 aliphatic rings. The van der Waals surface area contributed by atoms with Crippen LogP contribution in [0.25, 0.3) is 0 Å². The van der Waals surface area contributed by atoms with Crippen LogP contribution in [-0.4, -0.2) is 0 Å². The number of anilines is 1. The molecule has 2 aromatic rings. The Labute approximate surface area is 129 Å². The first kappa shape index (κ1) is 18.2. The molecule has 0 unspecified atom stereocenters. The fraction of sp³-hybridized carbons (Fsp3) is 0.143. The summed E-state index contributed by atoms with van der Waals surface area (Å²) < 4.78 is 66.5. The van der Waals surface area contributed by atoms with Gasteiger partial charge >= 0.3 is 0 Å². The Kier molecular flexibility index (Phi) is 6.13. The van der Waals surface area contributed by atoms with Crippen LogP contribution in [0.4, 0.5) is 27.6 Å². The molecule has 2 aromatic carbocycles. The van der Waals surface area contributed by atoms with Gasteiger partial charge in [-0.25, -0.2) is 22.0 Å². The smallest absolute Gasteiger partial charge is 0.134 e. The van der Waals surface area contributed by atoms with Gasteiger partial charge in [0.05, 0.1) is 0 Å². The number of nitrogens with one attached hydrogen (secondary N) is 1. The molecule has 0 bridgehead atoms. The minimum absolute atomic E-state index is 0. The molecule has 0 aromatic heterocycles. The molecule has 0 saturated carbocycles. The molecule has 0 amide bonds. The van der Waals surface area contributed by atoms with Crippen LogP contribution in [0, 0.1) is 29.1 Å². The van der Waals surface area contributed by atoms with Crippen molar-refractivity contribution in [3.05, 3.63) is 64.5 Å². The van der Waals surface area contributed by atoms with Crippen molar-refractivity contribution in [2.75, 3.05) is 5.32 Å². The molecule has 0 radical (unpaired) electrons. The van der Waals surface area contributed by atoms with E-state index in [0.29, 0.717) is 12.1 Å². The second-order valence-corrected chi connectivity index (χ2v) is 4.32. The summed E-state index contributed by atoms with van der Waals surface area (Å²) in [4.78, 5) is 0. The molecule has 0 atom stereocenters. The van der Waals surface area contributed by atoms with Crippen molar-refractivity contribution in [1.82, 2.24) is 0 Å². The lowest BCUT2D eigenvalue weighted by atomic mass is 10.1. The van der Waals surface area contributed by atoms with Gasteiger partial charge in [-0.1, -0.05) is 0 Å². The van der Waals surface area contributed by atoms with Gasteiger partial charge in [-0.3, -0.25) is 0 Å². The molecule has 0 aliphatic carbocycles. The number of nitrogens with two attached hydrogens (primary N) is 1. The van der Waals surface area contributed by atoms with Crippen LogP contribution in [0.1, 0.15) is 11.1 Å². The maximum Gasteiger partial charge on any atom is 0.134 e. The second kappa shape index (κ2) is 7.42. The average molecular weight is 339 g/mol. The Morgan fingerprint density at radius 3 is 1.68 bits per heavy atom. The standard InChI is InChI=1S/C14H11F5N2.ClH/c15-7-1-11(16)10(12(17)2-7)6-21-8-3-13(18)9(5-20)14(19)4-8;/h1-4,21H,5-6,20H2;1H. The Hall–Kier alpha value is -1.86. The van der Waals surface area contributed by atoms with Gasteiger partial charge in [0.2, 0.25) is 0 Å². The van der Waals surface area contributed by atoms with Crippen LogP contribution in [0.2, 0.25) is 0 Å². The molecule has 3 N–H and O–H groups in total. The number of halogens is 6. The van der Waals surface area contributed by atoms with Crippen LogP contribution in [-0.2, 0) is 13.1 Å². The van der Waals surface area contributed by atoms with Crippen LogP contribution in [0.5, 0.6) is 0 Å². The first-order valence-electron chi connectivity index (χ1n) is 5.97. The topological polar surface area (TPSA) is 38.0 Å². The summed E-state index contributed by atoms with van der Waals surface area (Å²) in [6.45, 7) is -0.696. The van der Waals surface area contributed by atoms with Gasteiger partial charge in [-0.15, -0.1) is 12.4 Å². The van der Waals surface area contributed by atoms with Crippen molar-refractivity contribution in [2.24, 2.45) is 5.73 Å². The number of benzene rings is 2. The maximum absolute atomic E-state index is 13.5. The lowest BCUT2D eigenvalue weighted by Gasteiger charge is -2.10. The Balaban J connectivity index is 0.00000242. The zero-order valence-corrected chi connectivity index (χ0v) is 11.9. The van der Waals surface area contributed by atoms with Crippen LogP contribution < -0.4 is 11.1 Å². The molecule has 0 fully saturated rings. The summed E-state index contributed by atoms with van der Waals surface area (Å²) in [6.07, 6.45) is 0. The van der Waals surface area contributed by atoms with E-state index in [4.69, 9.17) is 5.73 Å². The average Bonchev–Trinajstić information content (AvgIpc) is 2.37. The highest BCUT2D eigenvalue weighted by molar-refractivity contribution is 5.85. The van der Waals surface area contributed by atoms with Crippen molar-refractivity contribution in [1.29, 1.82) is 0 Å². The van der Waals surface area contributed by atoms with Gasteiger partial charge in [0.25, 0.3) is 0 Å². The largest absolute Gasteiger partial charge is 0.381 e. The van der Waals surface area contributed by atoms with Crippen LogP contribution in [0.15, 0.2) is 24.3 Å². The quantitative estimate of drug-likeness (QED) is 0.830. The summed E-state index contributed by atoms with van der Waals surface area (Å²) in [6, 6.07) is 2.98. The molecule has 0 heterocycles. The van der Waals surface area contributed by atoms with E-state index in [1.165, 1.54) is 0 Å². The molecule has 2 rings (SSSR count). The first-order chi connectivity index (χ1) is 9.92. The minimum atomic E-state index is -1.08. The van der Waals surface area contributed by atoms with Gasteiger partial charge in [-0.2, -0.15) is 0 Å². The maximum atomic E-state index is 13.5. The third-order valence-electron chi connectivity index (χ3n) is 2.92. The van der Waals surface area contributed by atoms with E-state index < -0.39 is 41.2 Å². The van der Waals surface area contributed by atoms with Crippen molar-refractivity contribution in [3.63, 3.8) is 0 Å². The predicted octanol–water partition coefficient (Wildman–Crippen LogP) is 3.87. The van der Waals surface area contributed by atoms with Crippen molar-refractivity contribution >= 4 is 18.1 Å². The number of hydrogen-bond acceptors (Lipinski definition) is 2. The number of hydrogen-bond donors (Lipinski definition) is 2. The van der Waals surface area contributed by atoms with Crippen molar-refractivity contribution in [2.45, 2.75) is 13.1 Å². The first-order valence-corrected chi connectivity index (χ1v) is 5.97. The molecular weight excluding hydrogens is 327 g/mol. The lowest BCUT2D eigenvalue weighted by Crippen LogP contribution is -2.08. The van der Waals surface area contributed by atoms with Gasteiger partial charge in [0.1, 0.15) is 29.1 Å². The molecule has 120 valence electrons. The summed E-state index contributed by atoms with van der Waals surface area (Å²) >= 11 is 0. The zero-order valence-electron chi connectivity index (χ0n) is 11.1. The Bertz CT molecular complexity index is 632. The highest BCUT2D eigenvalue weighted by Crippen LogP contribution is 2.21. The fourth-order valence-corrected chi connectivity index (χ4v) is 1.83. The minimum Gasteiger partial charge on any atom is -0.381 e. The zero-order chi connectivity index (χ0) is 15.6. The Morgan fingerprint density at radius 1 is 0.773 bits per heavy atom. The summed E-state index contributed by atoms with van der Waals surface area (Å²) in [5.41, 5.74) is 4.47. The van der Waals surface area contributed by atoms with Gasteiger partial charge < -0.3 is 11.1 Å². The third kappa shape index (κ3) is 3.86.